The lowest BCUT2D eigenvalue weighted by molar-refractivity contribution is -0.136. The Kier molecular flexibility index (Phi) is 5.23. The molecule has 132 valence electrons. The minimum atomic E-state index is -0.870. The topological polar surface area (TPSA) is 55.8 Å². The molecule has 0 aliphatic heterocycles. The molecular formula is C22H20O4. The van der Waals surface area contributed by atoms with E-state index in [1.165, 1.54) is 0 Å². The maximum absolute atomic E-state index is 11.2. The summed E-state index contributed by atoms with van der Waals surface area (Å²) >= 11 is 0. The van der Waals surface area contributed by atoms with Crippen molar-refractivity contribution in [1.82, 2.24) is 0 Å². The minimum Gasteiger partial charge on any atom is -0.497 e. The smallest absolute Gasteiger partial charge is 0.307 e. The van der Waals surface area contributed by atoms with Crippen molar-refractivity contribution in [2.24, 2.45) is 0 Å². The van der Waals surface area contributed by atoms with E-state index >= 15 is 0 Å². The maximum Gasteiger partial charge on any atom is 0.307 e. The quantitative estimate of drug-likeness (QED) is 0.704. The molecule has 0 unspecified atom stereocenters. The zero-order valence-electron chi connectivity index (χ0n) is 14.7. The molecule has 3 rings (SSSR count). The molecule has 3 aromatic rings. The highest BCUT2D eigenvalue weighted by molar-refractivity contribution is 5.79. The van der Waals surface area contributed by atoms with E-state index in [0.29, 0.717) is 5.75 Å². The summed E-state index contributed by atoms with van der Waals surface area (Å²) in [5.41, 5.74) is 4.72. The highest BCUT2D eigenvalue weighted by atomic mass is 16.5. The van der Waals surface area contributed by atoms with Gasteiger partial charge in [-0.15, -0.1) is 0 Å². The van der Waals surface area contributed by atoms with Gasteiger partial charge in [-0.1, -0.05) is 36.4 Å². The SMILES string of the molecule is COc1ccc(-c2cccc(-c3ccc(OC)cc3CC(=O)O)c2)cc1. The molecule has 26 heavy (non-hydrogen) atoms. The standard InChI is InChI=1S/C22H20O4/c1-25-19-8-6-15(7-9-19)16-4-3-5-17(12-16)21-11-10-20(26-2)13-18(21)14-22(23)24/h3-13H,14H2,1-2H3,(H,23,24). The number of carbonyl (C=O) groups is 1. The van der Waals surface area contributed by atoms with Gasteiger partial charge < -0.3 is 14.6 Å². The third-order valence-corrected chi connectivity index (χ3v) is 4.25. The Morgan fingerprint density at radius 3 is 2.12 bits per heavy atom. The average Bonchev–Trinajstić information content (AvgIpc) is 2.67. The van der Waals surface area contributed by atoms with Gasteiger partial charge in [-0.05, 0) is 58.1 Å². The first-order valence-corrected chi connectivity index (χ1v) is 8.24. The molecule has 4 heteroatoms. The van der Waals surface area contributed by atoms with Gasteiger partial charge >= 0.3 is 5.97 Å². The summed E-state index contributed by atoms with van der Waals surface area (Å²) in [6.07, 6.45) is -0.0563. The van der Waals surface area contributed by atoms with Gasteiger partial charge in [0.1, 0.15) is 11.5 Å². The predicted octanol–water partition coefficient (Wildman–Crippen LogP) is 4.66. The Balaban J connectivity index is 2.03. The van der Waals surface area contributed by atoms with Crippen LogP contribution in [0.3, 0.4) is 0 Å². The van der Waals surface area contributed by atoms with Crippen LogP contribution in [0, 0.1) is 0 Å². The molecule has 0 atom stereocenters. The normalized spacial score (nSPS) is 10.4. The van der Waals surface area contributed by atoms with Gasteiger partial charge in [-0.3, -0.25) is 4.79 Å². The molecule has 3 aromatic carbocycles. The van der Waals surface area contributed by atoms with Gasteiger partial charge in [0.2, 0.25) is 0 Å². The molecule has 4 nitrogen and oxygen atoms in total. The van der Waals surface area contributed by atoms with Crippen LogP contribution in [-0.4, -0.2) is 25.3 Å². The van der Waals surface area contributed by atoms with E-state index < -0.39 is 5.97 Å². The zero-order valence-corrected chi connectivity index (χ0v) is 14.7. The minimum absolute atomic E-state index is 0.0563. The molecule has 0 heterocycles. The summed E-state index contributed by atoms with van der Waals surface area (Å²) in [7, 11) is 3.22. The van der Waals surface area contributed by atoms with Gasteiger partial charge in [-0.2, -0.15) is 0 Å². The molecule has 0 aromatic heterocycles. The van der Waals surface area contributed by atoms with Crippen LogP contribution < -0.4 is 9.47 Å². The van der Waals surface area contributed by atoms with Crippen LogP contribution in [0.4, 0.5) is 0 Å². The highest BCUT2D eigenvalue weighted by Gasteiger charge is 2.11. The Hall–Kier alpha value is -3.27. The third kappa shape index (κ3) is 3.86. The van der Waals surface area contributed by atoms with Crippen molar-refractivity contribution < 1.29 is 19.4 Å². The zero-order chi connectivity index (χ0) is 18.5. The van der Waals surface area contributed by atoms with Gasteiger partial charge in [0, 0.05) is 0 Å². The van der Waals surface area contributed by atoms with E-state index in [2.05, 4.69) is 6.07 Å². The lowest BCUT2D eigenvalue weighted by Gasteiger charge is -2.12. The summed E-state index contributed by atoms with van der Waals surface area (Å²) in [5, 5.41) is 9.23. The molecule has 0 spiro atoms. The lowest BCUT2D eigenvalue weighted by Crippen LogP contribution is -2.02. The van der Waals surface area contributed by atoms with E-state index in [1.54, 1.807) is 20.3 Å². The Morgan fingerprint density at radius 1 is 0.808 bits per heavy atom. The summed E-state index contributed by atoms with van der Waals surface area (Å²) in [5.74, 6) is 0.589. The summed E-state index contributed by atoms with van der Waals surface area (Å²) < 4.78 is 10.4. The first-order chi connectivity index (χ1) is 12.6. The lowest BCUT2D eigenvalue weighted by atomic mass is 9.94. The number of carboxylic acids is 1. The second-order valence-electron chi connectivity index (χ2n) is 5.90. The molecule has 1 N–H and O–H groups in total. The van der Waals surface area contributed by atoms with Crippen molar-refractivity contribution in [1.29, 1.82) is 0 Å². The van der Waals surface area contributed by atoms with Crippen molar-refractivity contribution in [2.75, 3.05) is 14.2 Å². The molecule has 0 aliphatic carbocycles. The number of aliphatic carboxylic acids is 1. The third-order valence-electron chi connectivity index (χ3n) is 4.25. The number of carboxylic acid groups (broad SMARTS) is 1. The molecule has 0 saturated heterocycles. The number of hydrogen-bond acceptors (Lipinski definition) is 3. The van der Waals surface area contributed by atoms with Crippen molar-refractivity contribution in [3.63, 3.8) is 0 Å². The van der Waals surface area contributed by atoms with Crippen LogP contribution in [-0.2, 0) is 11.2 Å². The number of benzene rings is 3. The van der Waals surface area contributed by atoms with Gasteiger partial charge in [0.25, 0.3) is 0 Å². The average molecular weight is 348 g/mol. The number of hydrogen-bond donors (Lipinski definition) is 1. The monoisotopic (exact) mass is 348 g/mol. The summed E-state index contributed by atoms with van der Waals surface area (Å²) in [4.78, 5) is 11.2. The molecule has 0 aliphatic rings. The summed E-state index contributed by atoms with van der Waals surface area (Å²) in [6, 6.07) is 21.4. The Bertz CT molecular complexity index is 914. The molecule has 0 radical (unpaired) electrons. The highest BCUT2D eigenvalue weighted by Crippen LogP contribution is 2.31. The fraction of sp³-hybridized carbons (Fsp3) is 0.136. The van der Waals surface area contributed by atoms with Crippen LogP contribution in [0.5, 0.6) is 11.5 Å². The molecule has 0 fully saturated rings. The van der Waals surface area contributed by atoms with Crippen LogP contribution in [0.2, 0.25) is 0 Å². The predicted molar refractivity (Wildman–Crippen MR) is 102 cm³/mol. The molecular weight excluding hydrogens is 328 g/mol. The summed E-state index contributed by atoms with van der Waals surface area (Å²) in [6.45, 7) is 0. The second-order valence-corrected chi connectivity index (χ2v) is 5.90. The molecule has 0 saturated carbocycles. The van der Waals surface area contributed by atoms with Crippen LogP contribution in [0.1, 0.15) is 5.56 Å². The van der Waals surface area contributed by atoms with Crippen LogP contribution in [0.25, 0.3) is 22.3 Å². The van der Waals surface area contributed by atoms with Gasteiger partial charge in [0.05, 0.1) is 20.6 Å². The van der Waals surface area contributed by atoms with Crippen molar-refractivity contribution in [3.8, 4) is 33.8 Å². The molecule has 0 bridgehead atoms. The molecule has 0 amide bonds. The van der Waals surface area contributed by atoms with E-state index in [0.717, 1.165) is 33.6 Å². The van der Waals surface area contributed by atoms with Gasteiger partial charge in [-0.25, -0.2) is 0 Å². The first-order valence-electron chi connectivity index (χ1n) is 8.24. The number of ether oxygens (including phenoxy) is 2. The fourth-order valence-electron chi connectivity index (χ4n) is 2.94. The van der Waals surface area contributed by atoms with Crippen LogP contribution in [0.15, 0.2) is 66.7 Å². The Labute approximate surface area is 152 Å². The number of rotatable bonds is 6. The van der Waals surface area contributed by atoms with E-state index in [9.17, 15) is 9.90 Å². The second kappa shape index (κ2) is 7.74. The van der Waals surface area contributed by atoms with Crippen molar-refractivity contribution in [2.45, 2.75) is 6.42 Å². The fourth-order valence-corrected chi connectivity index (χ4v) is 2.94. The maximum atomic E-state index is 11.2. The van der Waals surface area contributed by atoms with Gasteiger partial charge in [0.15, 0.2) is 0 Å². The first kappa shape index (κ1) is 17.5. The largest absolute Gasteiger partial charge is 0.497 e. The number of methoxy groups -OCH3 is 2. The van der Waals surface area contributed by atoms with E-state index in [4.69, 9.17) is 9.47 Å². The van der Waals surface area contributed by atoms with Crippen LogP contribution >= 0.6 is 0 Å². The van der Waals surface area contributed by atoms with E-state index in [-0.39, 0.29) is 6.42 Å². The van der Waals surface area contributed by atoms with Crippen molar-refractivity contribution >= 4 is 5.97 Å². The Morgan fingerprint density at radius 2 is 1.46 bits per heavy atom. The van der Waals surface area contributed by atoms with E-state index in [1.807, 2.05) is 54.6 Å². The van der Waals surface area contributed by atoms with Crippen molar-refractivity contribution in [3.05, 3.63) is 72.3 Å².